The summed E-state index contributed by atoms with van der Waals surface area (Å²) in [4.78, 5) is 30.8. The van der Waals surface area contributed by atoms with E-state index in [1.165, 1.54) is 11.1 Å². The highest BCUT2D eigenvalue weighted by molar-refractivity contribution is 5.85. The van der Waals surface area contributed by atoms with Gasteiger partial charge in [-0.1, -0.05) is 49.3 Å². The number of rotatable bonds is 9. The molecule has 1 fully saturated rings. The summed E-state index contributed by atoms with van der Waals surface area (Å²) < 4.78 is 11.3. The minimum atomic E-state index is -1.07. The van der Waals surface area contributed by atoms with Gasteiger partial charge in [-0.3, -0.25) is 9.59 Å². The van der Waals surface area contributed by atoms with E-state index in [9.17, 15) is 14.9 Å². The fourth-order valence-electron chi connectivity index (χ4n) is 3.46. The zero-order chi connectivity index (χ0) is 24.0. The first-order chi connectivity index (χ1) is 15.7. The summed E-state index contributed by atoms with van der Waals surface area (Å²) in [5, 5.41) is 13.5. The van der Waals surface area contributed by atoms with Gasteiger partial charge in [0.1, 0.15) is 17.6 Å². The van der Waals surface area contributed by atoms with Crippen LogP contribution in [0, 0.1) is 28.6 Å². The van der Waals surface area contributed by atoms with Gasteiger partial charge in [-0.05, 0) is 29.7 Å². The van der Waals surface area contributed by atoms with Crippen LogP contribution in [0.1, 0.15) is 25.5 Å². The Morgan fingerprint density at radius 3 is 2.52 bits per heavy atom. The molecule has 0 spiro atoms. The molecule has 0 saturated heterocycles. The van der Waals surface area contributed by atoms with Crippen LogP contribution in [-0.2, 0) is 19.2 Å². The van der Waals surface area contributed by atoms with Gasteiger partial charge in [0.2, 0.25) is 6.10 Å². The van der Waals surface area contributed by atoms with Gasteiger partial charge < -0.3 is 19.2 Å². The van der Waals surface area contributed by atoms with E-state index in [2.05, 4.69) is 5.16 Å². The van der Waals surface area contributed by atoms with Crippen molar-refractivity contribution in [3.8, 4) is 17.6 Å². The van der Waals surface area contributed by atoms with Gasteiger partial charge in [0.25, 0.3) is 5.91 Å². The van der Waals surface area contributed by atoms with Gasteiger partial charge in [-0.15, -0.1) is 0 Å². The van der Waals surface area contributed by atoms with E-state index in [4.69, 9.17) is 14.3 Å². The highest BCUT2D eigenvalue weighted by atomic mass is 16.6. The standard InChI is InChI=1S/C25H27N3O5/c1-25(2)20(15-27-31-16-22(29)28(3)4)23(25)24(30)33-21(14-26)17-9-8-12-19(13-17)32-18-10-6-5-7-11-18/h5-13,15,20-21,23H,16H2,1-4H3/b27-15+. The van der Waals surface area contributed by atoms with Crippen LogP contribution < -0.4 is 4.74 Å². The van der Waals surface area contributed by atoms with Gasteiger partial charge >= 0.3 is 5.97 Å². The molecule has 0 aliphatic heterocycles. The molecule has 1 saturated carbocycles. The monoisotopic (exact) mass is 449 g/mol. The molecule has 2 aromatic carbocycles. The van der Waals surface area contributed by atoms with Crippen molar-refractivity contribution in [3.05, 3.63) is 60.2 Å². The molecule has 8 nitrogen and oxygen atoms in total. The number of carbonyl (C=O) groups is 2. The van der Waals surface area contributed by atoms with Crippen molar-refractivity contribution in [3.63, 3.8) is 0 Å². The number of hydrogen-bond acceptors (Lipinski definition) is 7. The van der Waals surface area contributed by atoms with Crippen molar-refractivity contribution in [2.24, 2.45) is 22.4 Å². The van der Waals surface area contributed by atoms with Gasteiger partial charge in [0.15, 0.2) is 6.61 Å². The Morgan fingerprint density at radius 2 is 1.85 bits per heavy atom. The molecule has 2 aromatic rings. The minimum absolute atomic E-state index is 0.177. The van der Waals surface area contributed by atoms with Crippen molar-refractivity contribution in [2.45, 2.75) is 20.0 Å². The quantitative estimate of drug-likeness (QED) is 0.326. The largest absolute Gasteiger partial charge is 0.457 e. The molecular weight excluding hydrogens is 422 g/mol. The highest BCUT2D eigenvalue weighted by Crippen LogP contribution is 2.58. The number of benzene rings is 2. The van der Waals surface area contributed by atoms with Gasteiger partial charge in [0, 0.05) is 31.8 Å². The molecule has 0 N–H and O–H groups in total. The highest BCUT2D eigenvalue weighted by Gasteiger charge is 2.62. The third kappa shape index (κ3) is 5.89. The van der Waals surface area contributed by atoms with Crippen molar-refractivity contribution < 1.29 is 23.9 Å². The summed E-state index contributed by atoms with van der Waals surface area (Å²) in [5.41, 5.74) is 0.127. The van der Waals surface area contributed by atoms with E-state index in [1.807, 2.05) is 50.2 Å². The maximum atomic E-state index is 12.8. The lowest BCUT2D eigenvalue weighted by molar-refractivity contribution is -0.149. The third-order valence-electron chi connectivity index (χ3n) is 5.64. The second-order valence-corrected chi connectivity index (χ2v) is 8.57. The summed E-state index contributed by atoms with van der Waals surface area (Å²) in [7, 11) is 3.25. The van der Waals surface area contributed by atoms with Crippen molar-refractivity contribution in [1.29, 1.82) is 5.26 Å². The molecule has 0 heterocycles. The number of hydrogen-bond donors (Lipinski definition) is 0. The Morgan fingerprint density at radius 1 is 1.15 bits per heavy atom. The van der Waals surface area contributed by atoms with Crippen LogP contribution in [0.4, 0.5) is 0 Å². The van der Waals surface area contributed by atoms with E-state index < -0.39 is 23.4 Å². The van der Waals surface area contributed by atoms with E-state index in [-0.39, 0.29) is 18.4 Å². The van der Waals surface area contributed by atoms with Gasteiger partial charge in [0.05, 0.1) is 5.92 Å². The first-order valence-corrected chi connectivity index (χ1v) is 10.5. The van der Waals surface area contributed by atoms with Crippen LogP contribution in [-0.4, -0.2) is 43.7 Å². The second kappa shape index (κ2) is 10.2. The third-order valence-corrected chi connectivity index (χ3v) is 5.64. The van der Waals surface area contributed by atoms with E-state index >= 15 is 0 Å². The average molecular weight is 450 g/mol. The Kier molecular flexibility index (Phi) is 7.34. The van der Waals surface area contributed by atoms with Gasteiger partial charge in [-0.25, -0.2) is 0 Å². The first kappa shape index (κ1) is 23.8. The van der Waals surface area contributed by atoms with Gasteiger partial charge in [-0.2, -0.15) is 5.26 Å². The zero-order valence-corrected chi connectivity index (χ0v) is 19.1. The lowest BCUT2D eigenvalue weighted by atomic mass is 10.1. The molecule has 33 heavy (non-hydrogen) atoms. The number of oxime groups is 1. The second-order valence-electron chi connectivity index (χ2n) is 8.57. The summed E-state index contributed by atoms with van der Waals surface area (Å²) in [5.74, 6) is -0.177. The van der Waals surface area contributed by atoms with Crippen LogP contribution in [0.2, 0.25) is 0 Å². The molecule has 1 aliphatic rings. The number of nitriles is 1. The number of amides is 1. The predicted molar refractivity (Wildman–Crippen MR) is 121 cm³/mol. The molecule has 172 valence electrons. The fourth-order valence-corrected chi connectivity index (χ4v) is 3.46. The molecule has 0 aromatic heterocycles. The molecular formula is C25H27N3O5. The summed E-state index contributed by atoms with van der Waals surface area (Å²) in [6.07, 6.45) is 0.449. The average Bonchev–Trinajstić information content (AvgIpc) is 3.35. The van der Waals surface area contributed by atoms with E-state index in [1.54, 1.807) is 38.4 Å². The Bertz CT molecular complexity index is 1060. The Balaban J connectivity index is 1.61. The molecule has 1 amide bonds. The van der Waals surface area contributed by atoms with Crippen LogP contribution in [0.3, 0.4) is 0 Å². The maximum Gasteiger partial charge on any atom is 0.311 e. The molecule has 0 radical (unpaired) electrons. The molecule has 3 unspecified atom stereocenters. The lowest BCUT2D eigenvalue weighted by Crippen LogP contribution is -2.25. The normalized spacial score (nSPS) is 19.2. The Labute approximate surface area is 193 Å². The molecule has 1 aliphatic carbocycles. The number of carbonyl (C=O) groups excluding carboxylic acids is 2. The molecule has 3 rings (SSSR count). The smallest absolute Gasteiger partial charge is 0.311 e. The topological polar surface area (TPSA) is 101 Å². The van der Waals surface area contributed by atoms with Crippen molar-refractivity contribution in [1.82, 2.24) is 4.90 Å². The predicted octanol–water partition coefficient (Wildman–Crippen LogP) is 3.95. The molecule has 3 atom stereocenters. The minimum Gasteiger partial charge on any atom is -0.457 e. The molecule has 8 heteroatoms. The van der Waals surface area contributed by atoms with E-state index in [0.717, 1.165) is 0 Å². The number of likely N-dealkylation sites (N-methyl/N-ethyl adjacent to an activating group) is 1. The number of para-hydroxylation sites is 1. The van der Waals surface area contributed by atoms with Crippen LogP contribution in [0.25, 0.3) is 0 Å². The Hall–Kier alpha value is -3.86. The summed E-state index contributed by atoms with van der Waals surface area (Å²) >= 11 is 0. The summed E-state index contributed by atoms with van der Waals surface area (Å²) in [6.45, 7) is 3.65. The van der Waals surface area contributed by atoms with E-state index in [0.29, 0.717) is 17.1 Å². The number of ether oxygens (including phenoxy) is 2. The van der Waals surface area contributed by atoms with Crippen molar-refractivity contribution in [2.75, 3.05) is 20.7 Å². The number of nitrogens with zero attached hydrogens (tertiary/aromatic N) is 3. The summed E-state index contributed by atoms with van der Waals surface area (Å²) in [6, 6.07) is 18.2. The van der Waals surface area contributed by atoms with Crippen molar-refractivity contribution >= 4 is 18.1 Å². The zero-order valence-electron chi connectivity index (χ0n) is 19.1. The van der Waals surface area contributed by atoms with Crippen LogP contribution >= 0.6 is 0 Å². The fraction of sp³-hybridized carbons (Fsp3) is 0.360. The van der Waals surface area contributed by atoms with Crippen LogP contribution in [0.15, 0.2) is 59.8 Å². The lowest BCUT2D eigenvalue weighted by Gasteiger charge is -2.13. The number of esters is 1. The maximum absolute atomic E-state index is 12.8. The first-order valence-electron chi connectivity index (χ1n) is 10.5. The SMILES string of the molecule is CN(C)C(=O)CO/N=C/C1C(C(=O)OC(C#N)c2cccc(Oc3ccccc3)c2)C1(C)C. The van der Waals surface area contributed by atoms with Crippen LogP contribution in [0.5, 0.6) is 11.5 Å². The molecule has 0 bridgehead atoms.